The number of unbranched alkanes of at least 4 members (excludes halogenated alkanes) is 1. The van der Waals surface area contributed by atoms with Crippen molar-refractivity contribution in [1.29, 1.82) is 0 Å². The molecule has 24 heavy (non-hydrogen) atoms. The maximum Gasteiger partial charge on any atom is 0.227 e. The van der Waals surface area contributed by atoms with Crippen LogP contribution < -0.4 is 10.6 Å². The highest BCUT2D eigenvalue weighted by molar-refractivity contribution is 5.96. The lowest BCUT2D eigenvalue weighted by Gasteiger charge is -2.28. The van der Waals surface area contributed by atoms with Crippen LogP contribution in [-0.2, 0) is 16.0 Å². The molecular weight excluding hydrogens is 300 g/mol. The molecule has 1 aliphatic heterocycles. The summed E-state index contributed by atoms with van der Waals surface area (Å²) in [4.78, 5) is 23.9. The molecule has 2 aliphatic rings. The number of aryl methyl sites for hydroxylation is 1. The molecule has 0 spiro atoms. The van der Waals surface area contributed by atoms with Gasteiger partial charge in [-0.15, -0.1) is 0 Å². The van der Waals surface area contributed by atoms with Crippen LogP contribution in [0.25, 0.3) is 0 Å². The molecule has 2 amide bonds. The Bertz CT molecular complexity index is 604. The molecule has 0 bridgehead atoms. The van der Waals surface area contributed by atoms with E-state index in [0.29, 0.717) is 6.42 Å². The molecule has 3 rings (SSSR count). The van der Waals surface area contributed by atoms with Gasteiger partial charge in [-0.3, -0.25) is 9.59 Å². The first-order valence-electron chi connectivity index (χ1n) is 9.39. The van der Waals surface area contributed by atoms with Gasteiger partial charge in [0.15, 0.2) is 0 Å². The third-order valence-electron chi connectivity index (χ3n) is 5.45. The van der Waals surface area contributed by atoms with Crippen molar-refractivity contribution in [2.45, 2.75) is 64.7 Å². The van der Waals surface area contributed by atoms with Crippen LogP contribution in [0.5, 0.6) is 0 Å². The topological polar surface area (TPSA) is 58.2 Å². The van der Waals surface area contributed by atoms with Crippen LogP contribution in [0.15, 0.2) is 18.2 Å². The lowest BCUT2D eigenvalue weighted by molar-refractivity contribution is -0.121. The Morgan fingerprint density at radius 3 is 2.75 bits per heavy atom. The van der Waals surface area contributed by atoms with E-state index in [1.165, 1.54) is 32.1 Å². The Labute approximate surface area is 144 Å². The number of hydrogen-bond donors (Lipinski definition) is 2. The maximum atomic E-state index is 12.5. The van der Waals surface area contributed by atoms with Gasteiger partial charge >= 0.3 is 0 Å². The third kappa shape index (κ3) is 4.16. The summed E-state index contributed by atoms with van der Waals surface area (Å²) in [7, 11) is 0. The predicted octanol–water partition coefficient (Wildman–Crippen LogP) is 4.51. The smallest absolute Gasteiger partial charge is 0.227 e. The van der Waals surface area contributed by atoms with Gasteiger partial charge in [0.1, 0.15) is 0 Å². The zero-order valence-corrected chi connectivity index (χ0v) is 14.6. The number of carbonyl (C=O) groups excluding carboxylic acids is 2. The van der Waals surface area contributed by atoms with Crippen LogP contribution in [0.4, 0.5) is 11.4 Å². The van der Waals surface area contributed by atoms with Crippen LogP contribution >= 0.6 is 0 Å². The molecule has 1 aliphatic carbocycles. The van der Waals surface area contributed by atoms with Crippen LogP contribution in [0.2, 0.25) is 0 Å². The Kier molecular flexibility index (Phi) is 5.54. The van der Waals surface area contributed by atoms with Gasteiger partial charge in [0, 0.05) is 23.7 Å². The van der Waals surface area contributed by atoms with Gasteiger partial charge in [0.25, 0.3) is 0 Å². The second-order valence-corrected chi connectivity index (χ2v) is 7.27. The minimum Gasteiger partial charge on any atom is -0.326 e. The molecule has 1 aromatic rings. The molecule has 0 radical (unpaired) electrons. The van der Waals surface area contributed by atoms with Crippen molar-refractivity contribution in [3.8, 4) is 0 Å². The summed E-state index contributed by atoms with van der Waals surface area (Å²) in [6.07, 6.45) is 9.57. The zero-order valence-electron chi connectivity index (χ0n) is 14.6. The average molecular weight is 328 g/mol. The second kappa shape index (κ2) is 7.82. The fourth-order valence-corrected chi connectivity index (χ4v) is 3.91. The van der Waals surface area contributed by atoms with E-state index in [1.807, 2.05) is 18.2 Å². The number of hydrogen-bond acceptors (Lipinski definition) is 2. The highest BCUT2D eigenvalue weighted by atomic mass is 16.2. The molecule has 0 saturated heterocycles. The lowest BCUT2D eigenvalue weighted by Crippen LogP contribution is -2.27. The van der Waals surface area contributed by atoms with E-state index >= 15 is 0 Å². The minimum atomic E-state index is 0.0686. The molecule has 0 aromatic heterocycles. The fraction of sp³-hybridized carbons (Fsp3) is 0.600. The molecule has 4 heteroatoms. The van der Waals surface area contributed by atoms with Gasteiger partial charge in [0.2, 0.25) is 11.8 Å². The molecule has 4 nitrogen and oxygen atoms in total. The summed E-state index contributed by atoms with van der Waals surface area (Å²) in [5.74, 6) is 1.20. The first-order chi connectivity index (χ1) is 11.7. The van der Waals surface area contributed by atoms with Gasteiger partial charge in [-0.25, -0.2) is 0 Å². The molecule has 2 N–H and O–H groups in total. The normalized spacial score (nSPS) is 23.3. The van der Waals surface area contributed by atoms with E-state index < -0.39 is 0 Å². The molecule has 130 valence electrons. The van der Waals surface area contributed by atoms with Crippen molar-refractivity contribution in [3.63, 3.8) is 0 Å². The quantitative estimate of drug-likeness (QED) is 0.835. The summed E-state index contributed by atoms with van der Waals surface area (Å²) in [5.41, 5.74) is 2.83. The van der Waals surface area contributed by atoms with Crippen molar-refractivity contribution in [1.82, 2.24) is 0 Å². The molecule has 0 unspecified atom stereocenters. The number of carbonyl (C=O) groups is 2. The Balaban J connectivity index is 1.53. The molecule has 1 fully saturated rings. The van der Waals surface area contributed by atoms with Crippen molar-refractivity contribution in [3.05, 3.63) is 23.8 Å². The van der Waals surface area contributed by atoms with E-state index in [1.54, 1.807) is 0 Å². The molecule has 1 heterocycles. The highest BCUT2D eigenvalue weighted by Gasteiger charge is 2.26. The first-order valence-corrected chi connectivity index (χ1v) is 9.39. The molecule has 1 aromatic carbocycles. The van der Waals surface area contributed by atoms with E-state index in [4.69, 9.17) is 0 Å². The number of benzene rings is 1. The van der Waals surface area contributed by atoms with Crippen molar-refractivity contribution in [2.24, 2.45) is 11.8 Å². The average Bonchev–Trinajstić information content (AvgIpc) is 2.60. The van der Waals surface area contributed by atoms with Crippen molar-refractivity contribution < 1.29 is 9.59 Å². The summed E-state index contributed by atoms with van der Waals surface area (Å²) < 4.78 is 0. The van der Waals surface area contributed by atoms with Crippen molar-refractivity contribution >= 4 is 23.2 Å². The number of anilines is 2. The SMILES string of the molecule is CCCCC1CCC(C(=O)Nc2ccc3c(c2)CCC(=O)N3)CC1. The number of fused-ring (bicyclic) bond motifs is 1. The fourth-order valence-electron chi connectivity index (χ4n) is 3.91. The Hall–Kier alpha value is -1.84. The minimum absolute atomic E-state index is 0.0686. The number of rotatable bonds is 5. The van der Waals surface area contributed by atoms with Crippen LogP contribution in [0, 0.1) is 11.8 Å². The van der Waals surface area contributed by atoms with E-state index in [-0.39, 0.29) is 17.7 Å². The van der Waals surface area contributed by atoms with Crippen molar-refractivity contribution in [2.75, 3.05) is 10.6 Å². The summed E-state index contributed by atoms with van der Waals surface area (Å²) >= 11 is 0. The van der Waals surface area contributed by atoms with Crippen LogP contribution in [0.1, 0.15) is 63.9 Å². The Morgan fingerprint density at radius 2 is 2.00 bits per heavy atom. The highest BCUT2D eigenvalue weighted by Crippen LogP contribution is 2.33. The first kappa shape index (κ1) is 17.0. The van der Waals surface area contributed by atoms with E-state index in [0.717, 1.165) is 42.1 Å². The monoisotopic (exact) mass is 328 g/mol. The largest absolute Gasteiger partial charge is 0.326 e. The van der Waals surface area contributed by atoms with Crippen LogP contribution in [-0.4, -0.2) is 11.8 Å². The summed E-state index contributed by atoms with van der Waals surface area (Å²) in [5, 5.41) is 5.95. The number of amides is 2. The maximum absolute atomic E-state index is 12.5. The molecule has 0 atom stereocenters. The predicted molar refractivity (Wildman–Crippen MR) is 97.0 cm³/mol. The van der Waals surface area contributed by atoms with Crippen LogP contribution in [0.3, 0.4) is 0 Å². The standard InChI is InChI=1S/C20H28N2O2/c1-2-3-4-14-5-7-15(8-6-14)20(24)21-17-10-11-18-16(13-17)9-12-19(23)22-18/h10-11,13-15H,2-9,12H2,1H3,(H,21,24)(H,22,23). The van der Waals surface area contributed by atoms with Gasteiger partial charge in [-0.05, 0) is 61.8 Å². The zero-order chi connectivity index (χ0) is 16.9. The van der Waals surface area contributed by atoms with E-state index in [9.17, 15) is 9.59 Å². The Morgan fingerprint density at radius 1 is 1.21 bits per heavy atom. The van der Waals surface area contributed by atoms with E-state index in [2.05, 4.69) is 17.6 Å². The lowest BCUT2D eigenvalue weighted by atomic mass is 9.79. The van der Waals surface area contributed by atoms with Gasteiger partial charge in [-0.1, -0.05) is 26.2 Å². The molecular formula is C20H28N2O2. The number of nitrogens with one attached hydrogen (secondary N) is 2. The second-order valence-electron chi connectivity index (χ2n) is 7.27. The summed E-state index contributed by atoms with van der Waals surface area (Å²) in [6.45, 7) is 2.24. The molecule has 1 saturated carbocycles. The third-order valence-corrected chi connectivity index (χ3v) is 5.45. The van der Waals surface area contributed by atoms with Gasteiger partial charge in [0.05, 0.1) is 0 Å². The van der Waals surface area contributed by atoms with Gasteiger partial charge < -0.3 is 10.6 Å². The summed E-state index contributed by atoms with van der Waals surface area (Å²) in [6, 6.07) is 5.78. The van der Waals surface area contributed by atoms with Gasteiger partial charge in [-0.2, -0.15) is 0 Å².